The van der Waals surface area contributed by atoms with E-state index < -0.39 is 5.82 Å². The zero-order chi connectivity index (χ0) is 9.84. The van der Waals surface area contributed by atoms with Crippen LogP contribution in [0.1, 0.15) is 17.3 Å². The van der Waals surface area contributed by atoms with Crippen LogP contribution in [0.4, 0.5) is 4.39 Å². The largest absolute Gasteiger partial charge is 0.491 e. The van der Waals surface area contributed by atoms with Crippen molar-refractivity contribution in [2.45, 2.75) is 6.92 Å². The van der Waals surface area contributed by atoms with E-state index in [0.29, 0.717) is 18.5 Å². The lowest BCUT2D eigenvalue weighted by molar-refractivity contribution is 0.112. The lowest BCUT2D eigenvalue weighted by atomic mass is 10.2. The molecule has 0 bridgehead atoms. The van der Waals surface area contributed by atoms with Crippen molar-refractivity contribution >= 4 is 17.9 Å². The van der Waals surface area contributed by atoms with Gasteiger partial charge in [0.15, 0.2) is 11.6 Å². The Labute approximate surface area is 80.3 Å². The number of halogens is 2. The maximum Gasteiger partial charge on any atom is 0.183 e. The third-order valence-electron chi connectivity index (χ3n) is 1.45. The van der Waals surface area contributed by atoms with Crippen LogP contribution < -0.4 is 4.74 Å². The van der Waals surface area contributed by atoms with Crippen molar-refractivity contribution in [2.75, 3.05) is 6.61 Å². The standard InChI is InChI=1S/C9H8ClFO2/c1-2-13-8-4-6(5-12)3-7(10)9(8)11/h3-5H,2H2,1H3. The fourth-order valence-electron chi connectivity index (χ4n) is 0.912. The highest BCUT2D eigenvalue weighted by molar-refractivity contribution is 6.31. The Bertz CT molecular complexity index is 326. The molecule has 0 heterocycles. The van der Waals surface area contributed by atoms with Gasteiger partial charge in [0.1, 0.15) is 6.29 Å². The normalized spacial score (nSPS) is 9.77. The second kappa shape index (κ2) is 4.23. The van der Waals surface area contributed by atoms with Crippen molar-refractivity contribution in [2.24, 2.45) is 0 Å². The molecule has 0 aliphatic heterocycles. The first-order valence-corrected chi connectivity index (χ1v) is 4.13. The van der Waals surface area contributed by atoms with Gasteiger partial charge in [0, 0.05) is 5.56 Å². The maximum atomic E-state index is 13.1. The van der Waals surface area contributed by atoms with E-state index in [-0.39, 0.29) is 10.8 Å². The number of carbonyl (C=O) groups is 1. The van der Waals surface area contributed by atoms with Gasteiger partial charge in [0.05, 0.1) is 11.6 Å². The van der Waals surface area contributed by atoms with Crippen LogP contribution >= 0.6 is 11.6 Å². The molecule has 1 aromatic carbocycles. The van der Waals surface area contributed by atoms with Crippen molar-refractivity contribution in [3.05, 3.63) is 28.5 Å². The summed E-state index contributed by atoms with van der Waals surface area (Å²) in [6, 6.07) is 2.57. The summed E-state index contributed by atoms with van der Waals surface area (Å²) in [6.45, 7) is 2.05. The smallest absolute Gasteiger partial charge is 0.183 e. The highest BCUT2D eigenvalue weighted by Gasteiger charge is 2.09. The molecule has 0 amide bonds. The zero-order valence-electron chi connectivity index (χ0n) is 7.01. The van der Waals surface area contributed by atoms with Crippen molar-refractivity contribution in [1.29, 1.82) is 0 Å². The molecule has 4 heteroatoms. The molecule has 0 aliphatic carbocycles. The number of carbonyl (C=O) groups excluding carboxylic acids is 1. The van der Waals surface area contributed by atoms with Gasteiger partial charge in [-0.3, -0.25) is 4.79 Å². The Morgan fingerprint density at radius 2 is 2.31 bits per heavy atom. The highest BCUT2D eigenvalue weighted by Crippen LogP contribution is 2.26. The van der Waals surface area contributed by atoms with Gasteiger partial charge in [-0.1, -0.05) is 11.6 Å². The molecule has 0 atom stereocenters. The lowest BCUT2D eigenvalue weighted by Gasteiger charge is -2.05. The number of ether oxygens (including phenoxy) is 1. The third-order valence-corrected chi connectivity index (χ3v) is 1.73. The molecule has 1 rings (SSSR count). The quantitative estimate of drug-likeness (QED) is 0.705. The van der Waals surface area contributed by atoms with Crippen molar-refractivity contribution in [3.8, 4) is 5.75 Å². The topological polar surface area (TPSA) is 26.3 Å². The molecule has 1 aromatic rings. The van der Waals surface area contributed by atoms with Gasteiger partial charge < -0.3 is 4.74 Å². The summed E-state index contributed by atoms with van der Waals surface area (Å²) in [6.07, 6.45) is 0.591. The molecule has 0 N–H and O–H groups in total. The zero-order valence-corrected chi connectivity index (χ0v) is 7.77. The molecule has 0 fully saturated rings. The average molecular weight is 203 g/mol. The monoisotopic (exact) mass is 202 g/mol. The van der Waals surface area contributed by atoms with Crippen LogP contribution in [0, 0.1) is 5.82 Å². The molecular formula is C9H8ClFO2. The molecule has 0 spiro atoms. The maximum absolute atomic E-state index is 13.1. The summed E-state index contributed by atoms with van der Waals surface area (Å²) < 4.78 is 18.1. The van der Waals surface area contributed by atoms with Gasteiger partial charge in [0.2, 0.25) is 0 Å². The molecule has 0 aliphatic rings. The minimum Gasteiger partial charge on any atom is -0.491 e. The van der Waals surface area contributed by atoms with E-state index in [1.165, 1.54) is 12.1 Å². The molecule has 0 saturated heterocycles. The molecule has 0 saturated carbocycles. The molecule has 0 radical (unpaired) electrons. The van der Waals surface area contributed by atoms with E-state index in [0.717, 1.165) is 0 Å². The van der Waals surface area contributed by atoms with E-state index in [2.05, 4.69) is 0 Å². The van der Waals surface area contributed by atoms with Gasteiger partial charge in [0.25, 0.3) is 0 Å². The number of benzene rings is 1. The molecule has 13 heavy (non-hydrogen) atoms. The first kappa shape index (κ1) is 9.99. The van der Waals surface area contributed by atoms with Gasteiger partial charge >= 0.3 is 0 Å². The summed E-state index contributed by atoms with van der Waals surface area (Å²) in [7, 11) is 0. The van der Waals surface area contributed by atoms with Crippen LogP contribution in [0.25, 0.3) is 0 Å². The minimum absolute atomic E-state index is 0.0112. The van der Waals surface area contributed by atoms with Gasteiger partial charge in [-0.25, -0.2) is 4.39 Å². The van der Waals surface area contributed by atoms with E-state index in [4.69, 9.17) is 16.3 Å². The van der Waals surface area contributed by atoms with Crippen LogP contribution in [-0.4, -0.2) is 12.9 Å². The number of aldehydes is 1. The van der Waals surface area contributed by atoms with E-state index in [1.54, 1.807) is 6.92 Å². The van der Waals surface area contributed by atoms with E-state index in [9.17, 15) is 9.18 Å². The third kappa shape index (κ3) is 2.18. The molecule has 0 aromatic heterocycles. The van der Waals surface area contributed by atoms with Crippen LogP contribution in [0.15, 0.2) is 12.1 Å². The molecular weight excluding hydrogens is 195 g/mol. The van der Waals surface area contributed by atoms with Crippen molar-refractivity contribution in [1.82, 2.24) is 0 Å². The lowest BCUT2D eigenvalue weighted by Crippen LogP contribution is -1.96. The van der Waals surface area contributed by atoms with Gasteiger partial charge in [-0.2, -0.15) is 0 Å². The van der Waals surface area contributed by atoms with Gasteiger partial charge in [-0.15, -0.1) is 0 Å². The first-order valence-electron chi connectivity index (χ1n) is 3.76. The number of hydrogen-bond acceptors (Lipinski definition) is 2. The van der Waals surface area contributed by atoms with Gasteiger partial charge in [-0.05, 0) is 19.1 Å². The Morgan fingerprint density at radius 1 is 1.62 bits per heavy atom. The van der Waals surface area contributed by atoms with Crippen LogP contribution in [-0.2, 0) is 0 Å². The fourth-order valence-corrected chi connectivity index (χ4v) is 1.13. The Morgan fingerprint density at radius 3 is 2.85 bits per heavy atom. The number of rotatable bonds is 3. The van der Waals surface area contributed by atoms with Crippen molar-refractivity contribution in [3.63, 3.8) is 0 Å². The van der Waals surface area contributed by atoms with E-state index >= 15 is 0 Å². The van der Waals surface area contributed by atoms with Crippen LogP contribution in [0.5, 0.6) is 5.75 Å². The Kier molecular flexibility index (Phi) is 3.25. The van der Waals surface area contributed by atoms with Crippen LogP contribution in [0.2, 0.25) is 5.02 Å². The average Bonchev–Trinajstić information content (AvgIpc) is 2.13. The van der Waals surface area contributed by atoms with Crippen molar-refractivity contribution < 1.29 is 13.9 Å². The second-order valence-electron chi connectivity index (χ2n) is 2.37. The fraction of sp³-hybridized carbons (Fsp3) is 0.222. The summed E-state index contributed by atoms with van der Waals surface area (Å²) in [5, 5.41) is -0.104. The predicted octanol–water partition coefficient (Wildman–Crippen LogP) is 2.69. The summed E-state index contributed by atoms with van der Waals surface area (Å²) >= 11 is 5.52. The Balaban J connectivity index is 3.16. The first-order chi connectivity index (χ1) is 6.19. The minimum atomic E-state index is -0.630. The summed E-state index contributed by atoms with van der Waals surface area (Å²) in [5.74, 6) is -0.619. The highest BCUT2D eigenvalue weighted by atomic mass is 35.5. The van der Waals surface area contributed by atoms with Crippen LogP contribution in [0.3, 0.4) is 0 Å². The second-order valence-corrected chi connectivity index (χ2v) is 2.77. The Hall–Kier alpha value is -1.09. The predicted molar refractivity (Wildman–Crippen MR) is 48.0 cm³/mol. The number of hydrogen-bond donors (Lipinski definition) is 0. The summed E-state index contributed by atoms with van der Waals surface area (Å²) in [4.78, 5) is 10.4. The summed E-state index contributed by atoms with van der Waals surface area (Å²) in [5.41, 5.74) is 0.301. The molecule has 70 valence electrons. The molecule has 2 nitrogen and oxygen atoms in total. The SMILES string of the molecule is CCOc1cc(C=O)cc(Cl)c1F. The van der Waals surface area contributed by atoms with E-state index in [1.807, 2.05) is 0 Å². The molecule has 0 unspecified atom stereocenters.